The Hall–Kier alpha value is -2.34. The van der Waals surface area contributed by atoms with Crippen LogP contribution < -0.4 is 5.32 Å². The Morgan fingerprint density at radius 1 is 1.13 bits per heavy atom. The molecule has 1 aromatic carbocycles. The lowest BCUT2D eigenvalue weighted by atomic mass is 9.90. The normalized spacial score (nSPS) is 23.8. The first-order chi connectivity index (χ1) is 14.6. The first kappa shape index (κ1) is 21.9. The second kappa shape index (κ2) is 8.30. The second-order valence-electron chi connectivity index (χ2n) is 10.4. The van der Waals surface area contributed by atoms with Gasteiger partial charge in [0.05, 0.1) is 12.1 Å². The fourth-order valence-corrected chi connectivity index (χ4v) is 5.30. The van der Waals surface area contributed by atoms with Gasteiger partial charge in [0.15, 0.2) is 0 Å². The van der Waals surface area contributed by atoms with E-state index < -0.39 is 0 Å². The highest BCUT2D eigenvalue weighted by Crippen LogP contribution is 2.38. The second-order valence-corrected chi connectivity index (χ2v) is 10.4. The lowest BCUT2D eigenvalue weighted by Gasteiger charge is -2.40. The average molecular weight is 425 g/mol. The van der Waals surface area contributed by atoms with Gasteiger partial charge in [0.2, 0.25) is 5.91 Å². The number of aromatic nitrogens is 1. The van der Waals surface area contributed by atoms with E-state index in [4.69, 9.17) is 0 Å². The van der Waals surface area contributed by atoms with Crippen LogP contribution in [0.15, 0.2) is 30.5 Å². The van der Waals surface area contributed by atoms with Gasteiger partial charge in [-0.2, -0.15) is 0 Å². The van der Waals surface area contributed by atoms with Gasteiger partial charge in [-0.3, -0.25) is 14.5 Å². The summed E-state index contributed by atoms with van der Waals surface area (Å²) in [7, 11) is 3.88. The van der Waals surface area contributed by atoms with Crippen LogP contribution in [0.4, 0.5) is 0 Å². The average Bonchev–Trinajstić information content (AvgIpc) is 3.17. The molecule has 3 heterocycles. The van der Waals surface area contributed by atoms with Crippen LogP contribution in [0, 0.1) is 5.92 Å². The summed E-state index contributed by atoms with van der Waals surface area (Å²) >= 11 is 0. The smallest absolute Gasteiger partial charge is 0.253 e. The van der Waals surface area contributed by atoms with Gasteiger partial charge in [-0.05, 0) is 58.4 Å². The summed E-state index contributed by atoms with van der Waals surface area (Å²) in [6.45, 7) is 7.44. The summed E-state index contributed by atoms with van der Waals surface area (Å²) < 4.78 is 2.01. The van der Waals surface area contributed by atoms with E-state index in [1.165, 1.54) is 0 Å². The van der Waals surface area contributed by atoms with Crippen LogP contribution in [0.3, 0.4) is 0 Å². The molecular formula is C25H36N4O2. The number of nitrogens with one attached hydrogen (secondary N) is 1. The number of benzene rings is 1. The molecule has 2 aromatic rings. The Morgan fingerprint density at radius 2 is 1.77 bits per heavy atom. The van der Waals surface area contributed by atoms with Gasteiger partial charge in [0.1, 0.15) is 0 Å². The van der Waals surface area contributed by atoms with Gasteiger partial charge in [-0.1, -0.05) is 18.2 Å². The number of hydrogen-bond acceptors (Lipinski definition) is 3. The number of carbonyl (C=O) groups excluding carboxylic acids is 2. The van der Waals surface area contributed by atoms with Gasteiger partial charge >= 0.3 is 0 Å². The van der Waals surface area contributed by atoms with E-state index in [9.17, 15) is 9.59 Å². The number of likely N-dealkylation sites (N-methyl/N-ethyl adjacent to an activating group) is 1. The predicted molar refractivity (Wildman–Crippen MR) is 124 cm³/mol. The van der Waals surface area contributed by atoms with Crippen LogP contribution in [-0.4, -0.2) is 63.9 Å². The molecule has 2 aliphatic heterocycles. The van der Waals surface area contributed by atoms with Crippen molar-refractivity contribution in [3.8, 4) is 0 Å². The fraction of sp³-hybridized carbons (Fsp3) is 0.600. The number of hydrogen-bond donors (Lipinski definition) is 1. The van der Waals surface area contributed by atoms with Crippen LogP contribution in [-0.2, 0) is 11.8 Å². The highest BCUT2D eigenvalue weighted by molar-refractivity contribution is 6.06. The van der Waals surface area contributed by atoms with Crippen molar-refractivity contribution in [2.75, 3.05) is 20.1 Å². The summed E-state index contributed by atoms with van der Waals surface area (Å²) in [5, 5.41) is 4.19. The zero-order valence-electron chi connectivity index (χ0n) is 19.5. The minimum Gasteiger partial charge on any atom is -0.352 e. The zero-order valence-corrected chi connectivity index (χ0v) is 19.5. The van der Waals surface area contributed by atoms with Gasteiger partial charge < -0.3 is 14.8 Å². The highest BCUT2D eigenvalue weighted by atomic mass is 16.2. The Morgan fingerprint density at radius 3 is 2.42 bits per heavy atom. The maximum absolute atomic E-state index is 12.9. The predicted octanol–water partition coefficient (Wildman–Crippen LogP) is 3.41. The maximum Gasteiger partial charge on any atom is 0.253 e. The number of fused-ring (bicyclic) bond motifs is 3. The number of aryl methyl sites for hydroxylation is 1. The number of amides is 2. The Bertz CT molecular complexity index is 960. The summed E-state index contributed by atoms with van der Waals surface area (Å²) in [6, 6.07) is 8.93. The van der Waals surface area contributed by atoms with Gasteiger partial charge in [0.25, 0.3) is 5.91 Å². The fourth-order valence-electron chi connectivity index (χ4n) is 5.30. The summed E-state index contributed by atoms with van der Waals surface area (Å²) in [6.07, 6.45) is 6.34. The molecule has 0 saturated carbocycles. The first-order valence-corrected chi connectivity index (χ1v) is 11.5. The van der Waals surface area contributed by atoms with Crippen LogP contribution in [0.1, 0.15) is 56.8 Å². The SMILES string of the molecule is CN(C(=O)CN1[C@@H]2CC[C@H]1CC(CNC(=O)c1cn(C)c3ccccc13)C2)C(C)(C)C. The van der Waals surface area contributed by atoms with Crippen LogP contribution in [0.25, 0.3) is 10.9 Å². The third-order valence-corrected chi connectivity index (χ3v) is 7.37. The van der Waals surface area contributed by atoms with E-state index in [-0.39, 0.29) is 17.4 Å². The minimum atomic E-state index is -0.152. The van der Waals surface area contributed by atoms with Crippen molar-refractivity contribution >= 4 is 22.7 Å². The van der Waals surface area contributed by atoms with Crippen molar-refractivity contribution in [1.29, 1.82) is 0 Å². The highest BCUT2D eigenvalue weighted by Gasteiger charge is 2.42. The molecular weight excluding hydrogens is 388 g/mol. The minimum absolute atomic E-state index is 0.00792. The zero-order chi connectivity index (χ0) is 22.3. The first-order valence-electron chi connectivity index (χ1n) is 11.5. The van der Waals surface area contributed by atoms with E-state index in [2.05, 4.69) is 31.0 Å². The molecule has 2 amide bonds. The molecule has 0 aliphatic carbocycles. The summed E-state index contributed by atoms with van der Waals surface area (Å²) in [4.78, 5) is 29.9. The molecule has 1 N–H and O–H groups in total. The van der Waals surface area contributed by atoms with Gasteiger partial charge in [-0.15, -0.1) is 0 Å². The third-order valence-electron chi connectivity index (χ3n) is 7.37. The van der Waals surface area contributed by atoms with E-state index in [1.807, 2.05) is 54.0 Å². The number of piperidine rings is 1. The lowest BCUT2D eigenvalue weighted by Crippen LogP contribution is -2.52. The number of rotatable bonds is 5. The van der Waals surface area contributed by atoms with E-state index in [0.717, 1.165) is 42.1 Å². The van der Waals surface area contributed by atoms with Crippen LogP contribution in [0.5, 0.6) is 0 Å². The molecule has 6 heteroatoms. The quantitative estimate of drug-likeness (QED) is 0.800. The Balaban J connectivity index is 1.34. The van der Waals surface area contributed by atoms with Crippen molar-refractivity contribution in [3.05, 3.63) is 36.0 Å². The molecule has 0 radical (unpaired) electrons. The molecule has 1 unspecified atom stereocenters. The number of carbonyl (C=O) groups is 2. The van der Waals surface area contributed by atoms with Gasteiger partial charge in [0, 0.05) is 55.4 Å². The maximum atomic E-state index is 12.9. The van der Waals surface area contributed by atoms with Gasteiger partial charge in [-0.25, -0.2) is 0 Å². The molecule has 0 spiro atoms. The molecule has 1 aromatic heterocycles. The molecule has 4 rings (SSSR count). The van der Waals surface area contributed by atoms with E-state index >= 15 is 0 Å². The Kier molecular flexibility index (Phi) is 5.86. The van der Waals surface area contributed by atoms with Crippen molar-refractivity contribution in [1.82, 2.24) is 19.7 Å². The molecule has 2 saturated heterocycles. The van der Waals surface area contributed by atoms with E-state index in [1.54, 1.807) is 0 Å². The standard InChI is InChI=1S/C25H36N4O2/c1-25(2,3)28(5)23(30)16-29-18-10-11-19(29)13-17(12-18)14-26-24(31)21-15-27(4)22-9-7-6-8-20(21)22/h6-9,15,17-19H,10-14,16H2,1-5H3,(H,26,31)/t17?,18-,19+. The van der Waals surface area contributed by atoms with Crippen molar-refractivity contribution in [2.45, 2.75) is 64.1 Å². The molecule has 31 heavy (non-hydrogen) atoms. The molecule has 168 valence electrons. The monoisotopic (exact) mass is 424 g/mol. The summed E-state index contributed by atoms with van der Waals surface area (Å²) in [5.74, 6) is 0.684. The van der Waals surface area contributed by atoms with Crippen LogP contribution in [0.2, 0.25) is 0 Å². The topological polar surface area (TPSA) is 57.6 Å². The molecule has 2 fully saturated rings. The summed E-state index contributed by atoms with van der Waals surface area (Å²) in [5.41, 5.74) is 1.67. The number of para-hydroxylation sites is 1. The molecule has 2 bridgehead atoms. The number of nitrogens with zero attached hydrogens (tertiary/aromatic N) is 3. The Labute approximate surface area is 185 Å². The largest absolute Gasteiger partial charge is 0.352 e. The van der Waals surface area contributed by atoms with Crippen molar-refractivity contribution in [3.63, 3.8) is 0 Å². The van der Waals surface area contributed by atoms with Crippen LogP contribution >= 0.6 is 0 Å². The van der Waals surface area contributed by atoms with Crippen molar-refractivity contribution in [2.24, 2.45) is 13.0 Å². The van der Waals surface area contributed by atoms with E-state index in [0.29, 0.717) is 31.1 Å². The molecule has 6 nitrogen and oxygen atoms in total. The third kappa shape index (κ3) is 4.36. The molecule has 2 aliphatic rings. The van der Waals surface area contributed by atoms with Crippen molar-refractivity contribution < 1.29 is 9.59 Å². The lowest BCUT2D eigenvalue weighted by molar-refractivity contribution is -0.136. The molecule has 3 atom stereocenters.